The average molecular weight is 207 g/mol. The topological polar surface area (TPSA) is 50.7 Å². The summed E-state index contributed by atoms with van der Waals surface area (Å²) in [6.45, 7) is 1.24. The second-order valence-electron chi connectivity index (χ2n) is 3.92. The molecule has 0 aromatic heterocycles. The third kappa shape index (κ3) is 1.41. The molecule has 2 aliphatic rings. The Balaban J connectivity index is 1.99. The summed E-state index contributed by atoms with van der Waals surface area (Å²) in [5.74, 6) is 1.30. The van der Waals surface area contributed by atoms with E-state index >= 15 is 0 Å². The maximum absolute atomic E-state index is 9.74. The number of phenols is 1. The standard InChI is InChI=1S/C11H13NO3/c13-9-4-7(8-2-1-3-12-8)5-10-11(9)15-6-14-10/h4-5,8,12-13H,1-3,6H2. The van der Waals surface area contributed by atoms with Crippen LogP contribution in [0.5, 0.6) is 17.2 Å². The maximum Gasteiger partial charge on any atom is 0.231 e. The molecular formula is C11H13NO3. The van der Waals surface area contributed by atoms with E-state index in [-0.39, 0.29) is 12.5 Å². The monoisotopic (exact) mass is 207 g/mol. The van der Waals surface area contributed by atoms with Crippen LogP contribution < -0.4 is 14.8 Å². The first-order valence-electron chi connectivity index (χ1n) is 5.20. The van der Waals surface area contributed by atoms with Gasteiger partial charge >= 0.3 is 0 Å². The number of benzene rings is 1. The van der Waals surface area contributed by atoms with Crippen molar-refractivity contribution in [2.45, 2.75) is 18.9 Å². The number of aromatic hydroxyl groups is 1. The van der Waals surface area contributed by atoms with Gasteiger partial charge in [0, 0.05) is 6.04 Å². The fourth-order valence-corrected chi connectivity index (χ4v) is 2.18. The van der Waals surface area contributed by atoms with Crippen LogP contribution in [-0.4, -0.2) is 18.4 Å². The zero-order chi connectivity index (χ0) is 10.3. The van der Waals surface area contributed by atoms with Crippen LogP contribution in [0.1, 0.15) is 24.4 Å². The third-order valence-electron chi connectivity index (χ3n) is 2.94. The van der Waals surface area contributed by atoms with E-state index in [9.17, 15) is 5.11 Å². The zero-order valence-electron chi connectivity index (χ0n) is 8.32. The van der Waals surface area contributed by atoms with E-state index in [1.54, 1.807) is 6.07 Å². The van der Waals surface area contributed by atoms with Gasteiger partial charge in [-0.2, -0.15) is 0 Å². The molecule has 2 N–H and O–H groups in total. The Bertz CT molecular complexity index is 386. The number of nitrogens with one attached hydrogen (secondary N) is 1. The van der Waals surface area contributed by atoms with Gasteiger partial charge in [0.2, 0.25) is 12.5 Å². The van der Waals surface area contributed by atoms with Gasteiger partial charge in [0.1, 0.15) is 0 Å². The van der Waals surface area contributed by atoms with E-state index in [2.05, 4.69) is 5.32 Å². The number of phenolic OH excluding ortho intramolecular Hbond substituents is 1. The highest BCUT2D eigenvalue weighted by molar-refractivity contribution is 5.54. The van der Waals surface area contributed by atoms with E-state index in [0.29, 0.717) is 17.5 Å². The fraction of sp³-hybridized carbons (Fsp3) is 0.455. The highest BCUT2D eigenvalue weighted by atomic mass is 16.7. The Morgan fingerprint density at radius 1 is 1.33 bits per heavy atom. The van der Waals surface area contributed by atoms with Crippen molar-refractivity contribution in [3.8, 4) is 17.2 Å². The summed E-state index contributed by atoms with van der Waals surface area (Å²) < 4.78 is 10.4. The van der Waals surface area contributed by atoms with Crippen molar-refractivity contribution in [2.24, 2.45) is 0 Å². The molecule has 2 aliphatic heterocycles. The van der Waals surface area contributed by atoms with Crippen LogP contribution in [0.15, 0.2) is 12.1 Å². The molecule has 1 saturated heterocycles. The molecule has 1 aromatic carbocycles. The van der Waals surface area contributed by atoms with Gasteiger partial charge in [-0.05, 0) is 37.1 Å². The van der Waals surface area contributed by atoms with Gasteiger partial charge in [-0.15, -0.1) is 0 Å². The minimum Gasteiger partial charge on any atom is -0.504 e. The Labute approximate surface area is 87.8 Å². The number of rotatable bonds is 1. The predicted octanol–water partition coefficient (Wildman–Crippen LogP) is 1.55. The van der Waals surface area contributed by atoms with Crippen LogP contribution in [0.25, 0.3) is 0 Å². The second-order valence-corrected chi connectivity index (χ2v) is 3.92. The van der Waals surface area contributed by atoms with E-state index < -0.39 is 0 Å². The van der Waals surface area contributed by atoms with Gasteiger partial charge in [0.25, 0.3) is 0 Å². The van der Waals surface area contributed by atoms with Gasteiger partial charge in [0.05, 0.1) is 0 Å². The maximum atomic E-state index is 9.74. The van der Waals surface area contributed by atoms with E-state index in [1.807, 2.05) is 6.07 Å². The number of ether oxygens (including phenoxy) is 2. The molecule has 4 nitrogen and oxygen atoms in total. The molecular weight excluding hydrogens is 194 g/mol. The predicted molar refractivity (Wildman–Crippen MR) is 54.2 cm³/mol. The first kappa shape index (κ1) is 8.85. The smallest absolute Gasteiger partial charge is 0.231 e. The molecule has 2 heterocycles. The van der Waals surface area contributed by atoms with Gasteiger partial charge < -0.3 is 19.9 Å². The molecule has 0 amide bonds. The summed E-state index contributed by atoms with van der Waals surface area (Å²) in [5.41, 5.74) is 1.08. The van der Waals surface area contributed by atoms with Crippen LogP contribution in [-0.2, 0) is 0 Å². The summed E-state index contributed by atoms with van der Waals surface area (Å²) >= 11 is 0. The zero-order valence-corrected chi connectivity index (χ0v) is 8.32. The minimum atomic E-state index is 0.175. The normalized spacial score (nSPS) is 23.3. The number of fused-ring (bicyclic) bond motifs is 1. The average Bonchev–Trinajstić information content (AvgIpc) is 2.88. The lowest BCUT2D eigenvalue weighted by Crippen LogP contribution is -2.12. The highest BCUT2D eigenvalue weighted by Crippen LogP contribution is 2.43. The SMILES string of the molecule is Oc1cc(C2CCCN2)cc2c1OCO2. The molecule has 0 aliphatic carbocycles. The highest BCUT2D eigenvalue weighted by Gasteiger charge is 2.23. The van der Waals surface area contributed by atoms with Crippen molar-refractivity contribution >= 4 is 0 Å². The fourth-order valence-electron chi connectivity index (χ4n) is 2.18. The van der Waals surface area contributed by atoms with Crippen LogP contribution in [0.3, 0.4) is 0 Å². The summed E-state index contributed by atoms with van der Waals surface area (Å²) in [7, 11) is 0. The third-order valence-corrected chi connectivity index (χ3v) is 2.94. The summed E-state index contributed by atoms with van der Waals surface area (Å²) in [6.07, 6.45) is 2.29. The molecule has 0 bridgehead atoms. The molecule has 0 saturated carbocycles. The second kappa shape index (κ2) is 3.31. The molecule has 1 aromatic rings. The Hall–Kier alpha value is -1.42. The molecule has 15 heavy (non-hydrogen) atoms. The van der Waals surface area contributed by atoms with E-state index in [0.717, 1.165) is 18.5 Å². The summed E-state index contributed by atoms with van der Waals surface area (Å²) in [5, 5.41) is 13.1. The molecule has 0 spiro atoms. The van der Waals surface area contributed by atoms with Crippen molar-refractivity contribution < 1.29 is 14.6 Å². The first-order chi connectivity index (χ1) is 7.34. The van der Waals surface area contributed by atoms with Crippen molar-refractivity contribution in [3.63, 3.8) is 0 Å². The van der Waals surface area contributed by atoms with Crippen molar-refractivity contribution in [2.75, 3.05) is 13.3 Å². The van der Waals surface area contributed by atoms with Crippen LogP contribution in [0.2, 0.25) is 0 Å². The van der Waals surface area contributed by atoms with Crippen molar-refractivity contribution in [1.82, 2.24) is 5.32 Å². The molecule has 0 radical (unpaired) electrons. The van der Waals surface area contributed by atoms with Crippen LogP contribution in [0, 0.1) is 0 Å². The number of hydrogen-bond donors (Lipinski definition) is 2. The molecule has 3 rings (SSSR count). The van der Waals surface area contributed by atoms with Gasteiger partial charge in [0.15, 0.2) is 11.5 Å². The Morgan fingerprint density at radius 2 is 2.27 bits per heavy atom. The summed E-state index contributed by atoms with van der Waals surface area (Å²) in [4.78, 5) is 0. The Morgan fingerprint density at radius 3 is 3.07 bits per heavy atom. The van der Waals surface area contributed by atoms with Gasteiger partial charge in [-0.25, -0.2) is 0 Å². The lowest BCUT2D eigenvalue weighted by Gasteiger charge is -2.11. The lowest BCUT2D eigenvalue weighted by molar-refractivity contribution is 0.171. The van der Waals surface area contributed by atoms with Crippen LogP contribution >= 0.6 is 0 Å². The van der Waals surface area contributed by atoms with E-state index in [1.165, 1.54) is 6.42 Å². The summed E-state index contributed by atoms with van der Waals surface area (Å²) in [6, 6.07) is 4.05. The lowest BCUT2D eigenvalue weighted by atomic mass is 10.0. The quantitative estimate of drug-likeness (QED) is 0.733. The van der Waals surface area contributed by atoms with Gasteiger partial charge in [-0.1, -0.05) is 0 Å². The van der Waals surface area contributed by atoms with Crippen LogP contribution in [0.4, 0.5) is 0 Å². The molecule has 1 unspecified atom stereocenters. The molecule has 4 heteroatoms. The van der Waals surface area contributed by atoms with Gasteiger partial charge in [-0.3, -0.25) is 0 Å². The minimum absolute atomic E-state index is 0.175. The number of hydrogen-bond acceptors (Lipinski definition) is 4. The van der Waals surface area contributed by atoms with Crippen molar-refractivity contribution in [1.29, 1.82) is 0 Å². The van der Waals surface area contributed by atoms with Crippen molar-refractivity contribution in [3.05, 3.63) is 17.7 Å². The van der Waals surface area contributed by atoms with E-state index in [4.69, 9.17) is 9.47 Å². The largest absolute Gasteiger partial charge is 0.504 e. The Kier molecular flexibility index (Phi) is 1.95. The first-order valence-corrected chi connectivity index (χ1v) is 5.20. The molecule has 1 fully saturated rings. The molecule has 1 atom stereocenters. The molecule has 80 valence electrons.